The van der Waals surface area contributed by atoms with Crippen LogP contribution in [-0.4, -0.2) is 44.3 Å². The molecule has 0 aliphatic heterocycles. The zero-order valence-electron chi connectivity index (χ0n) is 8.48. The molecule has 1 aromatic rings. The van der Waals surface area contributed by atoms with Crippen LogP contribution in [0.5, 0.6) is 0 Å². The third-order valence-electron chi connectivity index (χ3n) is 1.93. The number of nitrogens with zero attached hydrogens (tertiary/aromatic N) is 3. The first-order valence-corrected chi connectivity index (χ1v) is 4.28. The Bertz CT molecular complexity index is 490. The molecule has 0 aliphatic carbocycles. The molecular weight excluding hydrogens is 258 g/mol. The van der Waals surface area contributed by atoms with Crippen molar-refractivity contribution < 1.29 is 30.6 Å². The van der Waals surface area contributed by atoms with Crippen molar-refractivity contribution in [2.45, 2.75) is 19.2 Å². The van der Waals surface area contributed by atoms with E-state index in [1.807, 2.05) is 0 Å². The summed E-state index contributed by atoms with van der Waals surface area (Å²) >= 11 is 0. The fourth-order valence-electron chi connectivity index (χ4n) is 1.19. The number of aliphatic hydroxyl groups excluding tert-OH is 3. The Kier molecular flexibility index (Phi) is 3.80. The maximum atomic E-state index is 11.4. The SMILES string of the molecule is O=c1n(C(O)O)c(=O)n(C(O)O)c(=O)n1C(O)O. The Morgan fingerprint density at radius 1 is 0.556 bits per heavy atom. The summed E-state index contributed by atoms with van der Waals surface area (Å²) < 4.78 is -1.21. The van der Waals surface area contributed by atoms with Gasteiger partial charge in [0.1, 0.15) is 0 Å². The number of hydrogen-bond donors (Lipinski definition) is 6. The van der Waals surface area contributed by atoms with Gasteiger partial charge in [-0.3, -0.25) is 0 Å². The zero-order valence-corrected chi connectivity index (χ0v) is 8.48. The van der Waals surface area contributed by atoms with E-state index in [9.17, 15) is 14.4 Å². The molecule has 1 heterocycles. The molecule has 0 atom stereocenters. The lowest BCUT2D eigenvalue weighted by atomic mass is 10.7. The van der Waals surface area contributed by atoms with Crippen molar-refractivity contribution in [1.29, 1.82) is 0 Å². The lowest BCUT2D eigenvalue weighted by Gasteiger charge is -2.15. The van der Waals surface area contributed by atoms with E-state index in [1.54, 1.807) is 0 Å². The van der Waals surface area contributed by atoms with E-state index in [-0.39, 0.29) is 0 Å². The second-order valence-corrected chi connectivity index (χ2v) is 3.00. The third kappa shape index (κ3) is 2.10. The molecule has 0 fully saturated rings. The van der Waals surface area contributed by atoms with Gasteiger partial charge in [-0.05, 0) is 0 Å². The summed E-state index contributed by atoms with van der Waals surface area (Å²) in [6, 6.07) is 0. The molecule has 102 valence electrons. The Labute approximate surface area is 96.1 Å². The molecule has 0 saturated carbocycles. The highest BCUT2D eigenvalue weighted by molar-refractivity contribution is 4.79. The molecule has 12 nitrogen and oxygen atoms in total. The predicted octanol–water partition coefficient (Wildman–Crippen LogP) is -5.51. The van der Waals surface area contributed by atoms with Crippen LogP contribution in [0.25, 0.3) is 0 Å². The van der Waals surface area contributed by atoms with Gasteiger partial charge in [0.05, 0.1) is 0 Å². The molecule has 0 spiro atoms. The molecule has 0 amide bonds. The molecule has 0 unspecified atom stereocenters. The molecule has 18 heavy (non-hydrogen) atoms. The number of aromatic nitrogens is 3. The average molecular weight is 267 g/mol. The zero-order chi connectivity index (χ0) is 14.2. The van der Waals surface area contributed by atoms with Gasteiger partial charge in [-0.2, -0.15) is 13.7 Å². The standard InChI is InChI=1S/C6H9N3O9/c10-1-7(4(13)14)2(11)9(6(17)18)3(12)8(1)5(15)16/h4-6,13-18H. The molecule has 0 saturated heterocycles. The summed E-state index contributed by atoms with van der Waals surface area (Å²) in [6.07, 6.45) is -8.17. The lowest BCUT2D eigenvalue weighted by molar-refractivity contribution is -0.144. The molecular formula is C6H9N3O9. The van der Waals surface area contributed by atoms with E-state index in [2.05, 4.69) is 0 Å². The van der Waals surface area contributed by atoms with Crippen molar-refractivity contribution in [2.24, 2.45) is 0 Å². The Morgan fingerprint density at radius 2 is 0.722 bits per heavy atom. The first kappa shape index (κ1) is 14.2. The fraction of sp³-hybridized carbons (Fsp3) is 0.500. The topological polar surface area (TPSA) is 187 Å². The second kappa shape index (κ2) is 4.81. The van der Waals surface area contributed by atoms with Gasteiger partial charge in [-0.25, -0.2) is 14.4 Å². The Balaban J connectivity index is 3.96. The number of rotatable bonds is 3. The summed E-state index contributed by atoms with van der Waals surface area (Å²) in [7, 11) is 0. The van der Waals surface area contributed by atoms with Crippen LogP contribution in [-0.2, 0) is 0 Å². The maximum Gasteiger partial charge on any atom is 0.344 e. The first-order valence-electron chi connectivity index (χ1n) is 4.28. The summed E-state index contributed by atoms with van der Waals surface area (Å²) in [4.78, 5) is 34.1. The van der Waals surface area contributed by atoms with Crippen molar-refractivity contribution in [3.05, 3.63) is 31.5 Å². The minimum absolute atomic E-state index is 0.402. The van der Waals surface area contributed by atoms with Gasteiger partial charge in [0.25, 0.3) is 0 Å². The summed E-state index contributed by atoms with van der Waals surface area (Å²) in [5.74, 6) is 0. The van der Waals surface area contributed by atoms with Crippen LogP contribution in [0.4, 0.5) is 0 Å². The highest BCUT2D eigenvalue weighted by Gasteiger charge is 2.24. The van der Waals surface area contributed by atoms with E-state index in [0.717, 1.165) is 0 Å². The van der Waals surface area contributed by atoms with Crippen LogP contribution in [0.1, 0.15) is 19.2 Å². The molecule has 0 aliphatic rings. The van der Waals surface area contributed by atoms with Gasteiger partial charge < -0.3 is 30.6 Å². The predicted molar refractivity (Wildman–Crippen MR) is 49.6 cm³/mol. The molecule has 0 radical (unpaired) electrons. The molecule has 0 bridgehead atoms. The molecule has 1 rings (SSSR count). The van der Waals surface area contributed by atoms with Gasteiger partial charge in [-0.15, -0.1) is 0 Å². The lowest BCUT2D eigenvalue weighted by Crippen LogP contribution is -2.57. The minimum Gasteiger partial charge on any atom is -0.351 e. The van der Waals surface area contributed by atoms with Crippen LogP contribution in [0.3, 0.4) is 0 Å². The van der Waals surface area contributed by atoms with Crippen LogP contribution < -0.4 is 17.1 Å². The van der Waals surface area contributed by atoms with E-state index in [1.165, 1.54) is 0 Å². The van der Waals surface area contributed by atoms with Gasteiger partial charge in [0.15, 0.2) is 0 Å². The molecule has 6 N–H and O–H groups in total. The van der Waals surface area contributed by atoms with Crippen molar-refractivity contribution in [2.75, 3.05) is 0 Å². The third-order valence-corrected chi connectivity index (χ3v) is 1.93. The maximum absolute atomic E-state index is 11.4. The van der Waals surface area contributed by atoms with Crippen LogP contribution >= 0.6 is 0 Å². The van der Waals surface area contributed by atoms with Crippen LogP contribution in [0.15, 0.2) is 14.4 Å². The van der Waals surface area contributed by atoms with Gasteiger partial charge in [-0.1, -0.05) is 0 Å². The van der Waals surface area contributed by atoms with E-state index < -0.39 is 50.0 Å². The summed E-state index contributed by atoms with van der Waals surface area (Å²) in [5.41, 5.74) is -5.27. The molecule has 0 aromatic carbocycles. The van der Waals surface area contributed by atoms with Crippen molar-refractivity contribution in [3.8, 4) is 0 Å². The van der Waals surface area contributed by atoms with Gasteiger partial charge in [0.2, 0.25) is 19.2 Å². The molecule has 12 heteroatoms. The number of aliphatic hydroxyl groups is 6. The van der Waals surface area contributed by atoms with E-state index >= 15 is 0 Å². The Morgan fingerprint density at radius 3 is 0.833 bits per heavy atom. The summed E-state index contributed by atoms with van der Waals surface area (Å²) in [6.45, 7) is 0. The highest BCUT2D eigenvalue weighted by Crippen LogP contribution is 1.92. The average Bonchev–Trinajstić information content (AvgIpc) is 2.14. The van der Waals surface area contributed by atoms with Crippen molar-refractivity contribution in [1.82, 2.24) is 13.7 Å². The van der Waals surface area contributed by atoms with E-state index in [0.29, 0.717) is 0 Å². The van der Waals surface area contributed by atoms with Crippen LogP contribution in [0, 0.1) is 0 Å². The van der Waals surface area contributed by atoms with Crippen molar-refractivity contribution >= 4 is 0 Å². The second-order valence-electron chi connectivity index (χ2n) is 3.00. The fourth-order valence-corrected chi connectivity index (χ4v) is 1.19. The quantitative estimate of drug-likeness (QED) is 0.290. The summed E-state index contributed by atoms with van der Waals surface area (Å²) in [5, 5.41) is 52.5. The van der Waals surface area contributed by atoms with E-state index in [4.69, 9.17) is 30.6 Å². The largest absolute Gasteiger partial charge is 0.351 e. The molecule has 1 aromatic heterocycles. The highest BCUT2D eigenvalue weighted by atomic mass is 16.5. The van der Waals surface area contributed by atoms with Gasteiger partial charge in [0, 0.05) is 0 Å². The monoisotopic (exact) mass is 267 g/mol. The van der Waals surface area contributed by atoms with Gasteiger partial charge >= 0.3 is 17.1 Å². The Hall–Kier alpha value is -1.83. The minimum atomic E-state index is -2.72. The number of hydrogen-bond acceptors (Lipinski definition) is 9. The normalized spacial score (nSPS) is 11.8. The van der Waals surface area contributed by atoms with Crippen LogP contribution in [0.2, 0.25) is 0 Å². The van der Waals surface area contributed by atoms with Crippen molar-refractivity contribution in [3.63, 3.8) is 0 Å². The smallest absolute Gasteiger partial charge is 0.344 e. The first-order chi connectivity index (χ1) is 8.20.